The zero-order valence-corrected chi connectivity index (χ0v) is 5.71. The monoisotopic (exact) mass is 144 g/mol. The zero-order valence-electron chi connectivity index (χ0n) is 4.07. The smallest absolute Gasteiger partial charge is 0.0801 e. The van der Waals surface area contributed by atoms with Gasteiger partial charge in [0.1, 0.15) is 0 Å². The Morgan fingerprint density at radius 2 is 2.75 bits per heavy atom. The predicted octanol–water partition coefficient (Wildman–Crippen LogP) is 1.08. The van der Waals surface area contributed by atoms with Crippen LogP contribution in [0.1, 0.15) is 5.69 Å². The Bertz CT molecular complexity index is 159. The first kappa shape index (κ1) is 5.78. The van der Waals surface area contributed by atoms with Gasteiger partial charge in [0.25, 0.3) is 0 Å². The molecule has 0 spiro atoms. The number of rotatable bonds is 2. The molecule has 2 nitrogen and oxygen atoms in total. The molecule has 4 heteroatoms. The van der Waals surface area contributed by atoms with Crippen molar-refractivity contribution in [2.75, 3.05) is 0 Å². The van der Waals surface area contributed by atoms with Crippen LogP contribution in [-0.2, 0) is 6.42 Å². The highest BCUT2D eigenvalue weighted by Gasteiger charge is 1.88. The number of aromatic nitrogens is 2. The fraction of sp³-hybridized carbons (Fsp3) is 0.250. The van der Waals surface area contributed by atoms with Crippen LogP contribution in [-0.4, -0.2) is 15.0 Å². The minimum absolute atomic E-state index is 0.756. The quantitative estimate of drug-likeness (QED) is 0.581. The second kappa shape index (κ2) is 2.84. The number of hydrogen-bond donors (Lipinski definition) is 0. The van der Waals surface area contributed by atoms with Gasteiger partial charge >= 0.3 is 0 Å². The van der Waals surface area contributed by atoms with Crippen molar-refractivity contribution in [1.29, 1.82) is 0 Å². The Morgan fingerprint density at radius 1 is 1.88 bits per heavy atom. The highest BCUT2D eigenvalue weighted by molar-refractivity contribution is 7.78. The Balaban J connectivity index is 2.62. The largest absolute Gasteiger partial charge is 0.143 e. The summed E-state index contributed by atoms with van der Waals surface area (Å²) in [5.74, 6) is 0. The highest BCUT2D eigenvalue weighted by atomic mass is 32.1. The molecular weight excluding hydrogens is 140 g/mol. The molecule has 0 unspecified atom stereocenters. The third kappa shape index (κ3) is 1.31. The van der Waals surface area contributed by atoms with E-state index in [9.17, 15) is 0 Å². The van der Waals surface area contributed by atoms with E-state index in [0.29, 0.717) is 0 Å². The van der Waals surface area contributed by atoms with Gasteiger partial charge in [-0.05, 0) is 16.9 Å². The topological polar surface area (TPSA) is 25.8 Å². The Labute approximate surface area is 56.7 Å². The van der Waals surface area contributed by atoms with Crippen molar-refractivity contribution in [3.63, 3.8) is 0 Å². The first-order valence-electron chi connectivity index (χ1n) is 2.13. The van der Waals surface area contributed by atoms with Crippen LogP contribution in [0.2, 0.25) is 0 Å². The molecule has 0 radical (unpaired) electrons. The third-order valence-corrected chi connectivity index (χ3v) is 1.42. The van der Waals surface area contributed by atoms with Crippen LogP contribution in [0.5, 0.6) is 0 Å². The molecule has 0 aliphatic carbocycles. The van der Waals surface area contributed by atoms with Crippen LogP contribution in [0.3, 0.4) is 0 Å². The minimum Gasteiger partial charge on any atom is -0.143 e. The lowest BCUT2D eigenvalue weighted by molar-refractivity contribution is 1.07. The van der Waals surface area contributed by atoms with Crippen LogP contribution in [0.25, 0.3) is 0 Å². The molecule has 0 amide bonds. The molecule has 1 aromatic heterocycles. The van der Waals surface area contributed by atoms with E-state index in [2.05, 4.69) is 21.8 Å². The summed E-state index contributed by atoms with van der Waals surface area (Å²) in [4.78, 5) is 0. The van der Waals surface area contributed by atoms with Crippen molar-refractivity contribution in [3.8, 4) is 0 Å². The molecule has 0 bridgehead atoms. The fourth-order valence-corrected chi connectivity index (χ4v) is 0.993. The summed E-state index contributed by atoms with van der Waals surface area (Å²) in [6, 6.07) is 0. The van der Waals surface area contributed by atoms with Crippen molar-refractivity contribution < 1.29 is 0 Å². The van der Waals surface area contributed by atoms with Gasteiger partial charge in [-0.1, -0.05) is 16.7 Å². The molecule has 1 rings (SSSR count). The molecule has 0 saturated heterocycles. The lowest BCUT2D eigenvalue weighted by Crippen LogP contribution is -1.82. The first-order valence-corrected chi connectivity index (χ1v) is 3.44. The molecule has 8 heavy (non-hydrogen) atoms. The molecule has 0 aliphatic rings. The lowest BCUT2D eigenvalue weighted by Gasteiger charge is -1.76. The van der Waals surface area contributed by atoms with Crippen LogP contribution in [0.4, 0.5) is 0 Å². The van der Waals surface area contributed by atoms with Crippen molar-refractivity contribution in [1.82, 2.24) is 9.59 Å². The van der Waals surface area contributed by atoms with E-state index in [1.54, 1.807) is 5.37 Å². The summed E-state index contributed by atoms with van der Waals surface area (Å²) < 4.78 is 3.67. The zero-order chi connectivity index (χ0) is 5.82. The molecule has 1 heterocycles. The molecule has 0 aromatic carbocycles. The normalized spacial score (nSPS) is 9.00. The van der Waals surface area contributed by atoms with Gasteiger partial charge in [0.2, 0.25) is 0 Å². The van der Waals surface area contributed by atoms with E-state index < -0.39 is 0 Å². The van der Waals surface area contributed by atoms with E-state index in [-0.39, 0.29) is 0 Å². The van der Waals surface area contributed by atoms with Crippen LogP contribution < -0.4 is 0 Å². The maximum absolute atomic E-state index is 4.61. The maximum Gasteiger partial charge on any atom is 0.0801 e. The van der Waals surface area contributed by atoms with Gasteiger partial charge in [0, 0.05) is 11.8 Å². The number of thiocarbonyl (C=S) groups is 1. The molecule has 0 N–H and O–H groups in total. The average Bonchev–Trinajstić information content (AvgIpc) is 2.19. The van der Waals surface area contributed by atoms with E-state index in [4.69, 9.17) is 0 Å². The number of nitrogens with zero attached hydrogens (tertiary/aromatic N) is 2. The first-order chi connectivity index (χ1) is 3.93. The van der Waals surface area contributed by atoms with Gasteiger partial charge in [-0.15, -0.1) is 5.10 Å². The molecule has 0 aliphatic heterocycles. The van der Waals surface area contributed by atoms with E-state index in [1.807, 2.05) is 5.38 Å². The highest BCUT2D eigenvalue weighted by Crippen LogP contribution is 1.95. The predicted molar refractivity (Wildman–Crippen MR) is 37.3 cm³/mol. The minimum atomic E-state index is 0.756. The standard InChI is InChI=1S/C4H4N2S2/c7-2-1-4-3-8-6-5-4/h2-3H,1H2. The van der Waals surface area contributed by atoms with Gasteiger partial charge in [0.15, 0.2) is 0 Å². The van der Waals surface area contributed by atoms with Gasteiger partial charge in [-0.2, -0.15) is 0 Å². The third-order valence-electron chi connectivity index (χ3n) is 0.698. The summed E-state index contributed by atoms with van der Waals surface area (Å²) >= 11 is 5.96. The Morgan fingerprint density at radius 3 is 3.25 bits per heavy atom. The molecule has 0 fully saturated rings. The number of hydrogen-bond acceptors (Lipinski definition) is 4. The molecule has 0 atom stereocenters. The summed E-state index contributed by atoms with van der Waals surface area (Å²) in [6.45, 7) is 0. The van der Waals surface area contributed by atoms with Crippen molar-refractivity contribution in [2.24, 2.45) is 0 Å². The van der Waals surface area contributed by atoms with E-state index in [1.165, 1.54) is 11.5 Å². The van der Waals surface area contributed by atoms with Gasteiger partial charge in [-0.3, -0.25) is 0 Å². The van der Waals surface area contributed by atoms with Crippen LogP contribution in [0, 0.1) is 0 Å². The average molecular weight is 144 g/mol. The van der Waals surface area contributed by atoms with Crippen LogP contribution >= 0.6 is 23.8 Å². The summed E-state index contributed by atoms with van der Waals surface area (Å²) in [7, 11) is 0. The van der Waals surface area contributed by atoms with Crippen molar-refractivity contribution in [3.05, 3.63) is 11.1 Å². The summed E-state index contributed by atoms with van der Waals surface area (Å²) in [6.07, 6.45) is 0.756. The van der Waals surface area contributed by atoms with Gasteiger partial charge in [-0.25, -0.2) is 0 Å². The Kier molecular flexibility index (Phi) is 2.05. The molecule has 1 aromatic rings. The lowest BCUT2D eigenvalue weighted by atomic mass is 10.4. The molecular formula is C4H4N2S2. The van der Waals surface area contributed by atoms with Crippen molar-refractivity contribution in [2.45, 2.75) is 6.42 Å². The van der Waals surface area contributed by atoms with Crippen LogP contribution in [0.15, 0.2) is 5.38 Å². The molecule has 0 saturated carbocycles. The summed E-state index contributed by atoms with van der Waals surface area (Å²) in [5, 5.41) is 7.32. The SMILES string of the molecule is S=CCc1csnn1. The van der Waals surface area contributed by atoms with E-state index in [0.717, 1.165) is 12.1 Å². The van der Waals surface area contributed by atoms with Crippen molar-refractivity contribution >= 4 is 29.1 Å². The second-order valence-electron chi connectivity index (χ2n) is 1.27. The fourth-order valence-electron chi connectivity index (χ4n) is 0.358. The van der Waals surface area contributed by atoms with Gasteiger partial charge < -0.3 is 0 Å². The summed E-state index contributed by atoms with van der Waals surface area (Å²) in [5.41, 5.74) is 0.963. The second-order valence-corrected chi connectivity index (χ2v) is 2.21. The maximum atomic E-state index is 4.61. The van der Waals surface area contributed by atoms with E-state index >= 15 is 0 Å². The van der Waals surface area contributed by atoms with Gasteiger partial charge in [0.05, 0.1) is 5.69 Å². The Hall–Kier alpha value is -0.350. The molecule has 42 valence electrons.